The topological polar surface area (TPSA) is 89.3 Å². The normalized spacial score (nSPS) is 25.2. The van der Waals surface area contributed by atoms with E-state index in [0.29, 0.717) is 18.4 Å². The molecule has 1 amide bonds. The lowest BCUT2D eigenvalue weighted by Crippen LogP contribution is -2.15. The van der Waals surface area contributed by atoms with Crippen molar-refractivity contribution in [2.24, 2.45) is 5.92 Å². The van der Waals surface area contributed by atoms with Gasteiger partial charge in [-0.2, -0.15) is 0 Å². The highest BCUT2D eigenvalue weighted by molar-refractivity contribution is 7.92. The number of aromatic nitrogens is 1. The predicted octanol–water partition coefficient (Wildman–Crippen LogP) is 3.72. The number of benzene rings is 1. The number of nitrogens with one attached hydrogen (secondary N) is 1. The van der Waals surface area contributed by atoms with E-state index in [9.17, 15) is 22.0 Å². The fraction of sp³-hybridized carbons (Fsp3) is 0.400. The van der Waals surface area contributed by atoms with Crippen molar-refractivity contribution in [3.05, 3.63) is 48.2 Å². The molecule has 4 rings (SSSR count). The van der Waals surface area contributed by atoms with Crippen molar-refractivity contribution >= 4 is 27.1 Å². The SMILES string of the molecule is O=C(Nc1ccon1)/C(=C/[C@H]1C[C@@H](F)[C@@H](F)C1)c1ccc(S(=O)(=O)C2CC2)cc1. The van der Waals surface area contributed by atoms with E-state index in [-0.39, 0.29) is 34.4 Å². The Hall–Kier alpha value is -2.55. The molecule has 1 N–H and O–H groups in total. The van der Waals surface area contributed by atoms with Crippen LogP contribution >= 0.6 is 0 Å². The van der Waals surface area contributed by atoms with Crippen LogP contribution in [-0.2, 0) is 14.6 Å². The minimum atomic E-state index is -3.35. The van der Waals surface area contributed by atoms with Gasteiger partial charge in [-0.3, -0.25) is 4.79 Å². The second-order valence-electron chi connectivity index (χ2n) is 7.45. The van der Waals surface area contributed by atoms with Crippen molar-refractivity contribution in [3.8, 4) is 0 Å². The van der Waals surface area contributed by atoms with Gasteiger partial charge in [-0.1, -0.05) is 23.4 Å². The summed E-state index contributed by atoms with van der Waals surface area (Å²) in [6.45, 7) is 0. The van der Waals surface area contributed by atoms with E-state index in [1.807, 2.05) is 0 Å². The molecule has 0 radical (unpaired) electrons. The molecule has 0 bridgehead atoms. The zero-order valence-electron chi connectivity index (χ0n) is 15.4. The molecule has 0 aliphatic heterocycles. The monoisotopic (exact) mass is 422 g/mol. The molecule has 154 valence electrons. The lowest BCUT2D eigenvalue weighted by atomic mass is 9.98. The van der Waals surface area contributed by atoms with Gasteiger partial charge in [-0.05, 0) is 49.3 Å². The molecular weight excluding hydrogens is 402 g/mol. The van der Waals surface area contributed by atoms with Crippen LogP contribution in [0.4, 0.5) is 14.6 Å². The van der Waals surface area contributed by atoms with E-state index < -0.39 is 34.0 Å². The molecule has 3 atom stereocenters. The third-order valence-electron chi connectivity index (χ3n) is 5.23. The molecule has 1 aromatic carbocycles. The highest BCUT2D eigenvalue weighted by Crippen LogP contribution is 2.36. The average molecular weight is 422 g/mol. The Kier molecular flexibility index (Phi) is 5.24. The molecule has 2 aliphatic carbocycles. The van der Waals surface area contributed by atoms with Gasteiger partial charge in [0.2, 0.25) is 0 Å². The summed E-state index contributed by atoms with van der Waals surface area (Å²) < 4.78 is 56.6. The lowest BCUT2D eigenvalue weighted by molar-refractivity contribution is -0.111. The van der Waals surface area contributed by atoms with Crippen LogP contribution in [0.3, 0.4) is 0 Å². The van der Waals surface area contributed by atoms with Crippen molar-refractivity contribution in [2.45, 2.75) is 48.2 Å². The zero-order chi connectivity index (χ0) is 20.6. The molecule has 1 heterocycles. The number of hydrogen-bond donors (Lipinski definition) is 1. The molecule has 2 aliphatic rings. The summed E-state index contributed by atoms with van der Waals surface area (Å²) in [5.74, 6) is -0.755. The molecule has 0 saturated heterocycles. The van der Waals surface area contributed by atoms with Gasteiger partial charge in [0.25, 0.3) is 5.91 Å². The first-order chi connectivity index (χ1) is 13.8. The van der Waals surface area contributed by atoms with Crippen molar-refractivity contribution < 1.29 is 26.5 Å². The smallest absolute Gasteiger partial charge is 0.257 e. The molecule has 1 aromatic heterocycles. The van der Waals surface area contributed by atoms with Gasteiger partial charge >= 0.3 is 0 Å². The van der Waals surface area contributed by atoms with Crippen LogP contribution in [0, 0.1) is 5.92 Å². The van der Waals surface area contributed by atoms with Gasteiger partial charge in [-0.25, -0.2) is 17.2 Å². The summed E-state index contributed by atoms with van der Waals surface area (Å²) in [5.41, 5.74) is 0.660. The molecular formula is C20H20F2N2O4S. The number of nitrogens with zero attached hydrogens (tertiary/aromatic N) is 1. The summed E-state index contributed by atoms with van der Waals surface area (Å²) in [6.07, 6.45) is 1.05. The second-order valence-corrected chi connectivity index (χ2v) is 9.68. The molecule has 6 nitrogen and oxygen atoms in total. The quantitative estimate of drug-likeness (QED) is 0.717. The molecule has 0 spiro atoms. The van der Waals surface area contributed by atoms with E-state index in [1.165, 1.54) is 36.6 Å². The third kappa shape index (κ3) is 4.24. The number of alkyl halides is 2. The first kappa shape index (κ1) is 19.8. The van der Waals surface area contributed by atoms with Crippen LogP contribution in [0.2, 0.25) is 0 Å². The van der Waals surface area contributed by atoms with Crippen LogP contribution in [0.25, 0.3) is 5.57 Å². The first-order valence-corrected chi connectivity index (χ1v) is 11.0. The summed E-state index contributed by atoms with van der Waals surface area (Å²) in [7, 11) is -3.35. The maximum Gasteiger partial charge on any atom is 0.257 e. The minimum Gasteiger partial charge on any atom is -0.363 e. The first-order valence-electron chi connectivity index (χ1n) is 9.40. The number of sulfone groups is 1. The standard InChI is InChI=1S/C20H20F2N2O4S/c21-17-10-12(11-18(17)22)9-16(20(25)23-19-7-8-28-24-19)13-1-3-14(4-2-13)29(26,27)15-5-6-15/h1-4,7-9,12,15,17-18H,5-6,10-11H2,(H,23,24,25)/b16-9+/t12-,17+,18-. The Morgan fingerprint density at radius 2 is 1.76 bits per heavy atom. The number of anilines is 1. The summed E-state index contributed by atoms with van der Waals surface area (Å²) in [6, 6.07) is 7.47. The Bertz CT molecular complexity index is 1010. The molecule has 9 heteroatoms. The van der Waals surface area contributed by atoms with Crippen molar-refractivity contribution in [1.29, 1.82) is 0 Å². The number of halogens is 2. The van der Waals surface area contributed by atoms with E-state index in [2.05, 4.69) is 10.5 Å². The van der Waals surface area contributed by atoms with E-state index in [0.717, 1.165) is 0 Å². The van der Waals surface area contributed by atoms with Crippen LogP contribution < -0.4 is 5.32 Å². The number of rotatable bonds is 6. The van der Waals surface area contributed by atoms with Gasteiger partial charge in [0, 0.05) is 11.6 Å². The minimum absolute atomic E-state index is 0.00392. The predicted molar refractivity (Wildman–Crippen MR) is 102 cm³/mol. The number of hydrogen-bond acceptors (Lipinski definition) is 5. The summed E-state index contributed by atoms with van der Waals surface area (Å²) in [5, 5.41) is 5.87. The third-order valence-corrected chi connectivity index (χ3v) is 7.51. The van der Waals surface area contributed by atoms with E-state index in [1.54, 1.807) is 6.08 Å². The van der Waals surface area contributed by atoms with Gasteiger partial charge in [0.1, 0.15) is 18.6 Å². The largest absolute Gasteiger partial charge is 0.363 e. The van der Waals surface area contributed by atoms with Gasteiger partial charge < -0.3 is 9.84 Å². The maximum atomic E-state index is 13.6. The van der Waals surface area contributed by atoms with Crippen LogP contribution in [-0.4, -0.2) is 37.1 Å². The average Bonchev–Trinajstić information content (AvgIpc) is 3.36. The molecule has 0 unspecified atom stereocenters. The van der Waals surface area contributed by atoms with Gasteiger partial charge in [0.05, 0.1) is 10.1 Å². The fourth-order valence-electron chi connectivity index (χ4n) is 3.50. The van der Waals surface area contributed by atoms with Crippen LogP contribution in [0.15, 0.2) is 52.1 Å². The second kappa shape index (κ2) is 7.70. The Morgan fingerprint density at radius 3 is 2.31 bits per heavy atom. The van der Waals surface area contributed by atoms with E-state index in [4.69, 9.17) is 4.52 Å². The molecule has 2 aromatic rings. The van der Waals surface area contributed by atoms with Gasteiger partial charge in [0.15, 0.2) is 15.7 Å². The van der Waals surface area contributed by atoms with Crippen molar-refractivity contribution in [1.82, 2.24) is 5.16 Å². The molecule has 2 saturated carbocycles. The fourth-order valence-corrected chi connectivity index (χ4v) is 5.16. The van der Waals surface area contributed by atoms with Crippen LogP contribution in [0.5, 0.6) is 0 Å². The Labute approximate surface area is 166 Å². The van der Waals surface area contributed by atoms with Gasteiger partial charge in [-0.15, -0.1) is 0 Å². The zero-order valence-corrected chi connectivity index (χ0v) is 16.2. The Balaban J connectivity index is 1.63. The highest BCUT2D eigenvalue weighted by atomic mass is 32.2. The number of carbonyl (C=O) groups excluding carboxylic acids is 1. The number of allylic oxidation sites excluding steroid dienone is 1. The lowest BCUT2D eigenvalue weighted by Gasteiger charge is -2.12. The maximum absolute atomic E-state index is 13.6. The highest BCUT2D eigenvalue weighted by Gasteiger charge is 2.37. The van der Waals surface area contributed by atoms with E-state index >= 15 is 0 Å². The number of carbonyl (C=O) groups is 1. The Morgan fingerprint density at radius 1 is 1.10 bits per heavy atom. The molecule has 29 heavy (non-hydrogen) atoms. The summed E-state index contributed by atoms with van der Waals surface area (Å²) in [4.78, 5) is 13.0. The van der Waals surface area contributed by atoms with Crippen LogP contribution in [0.1, 0.15) is 31.2 Å². The molecule has 2 fully saturated rings. The van der Waals surface area contributed by atoms with Crippen molar-refractivity contribution in [3.63, 3.8) is 0 Å². The summed E-state index contributed by atoms with van der Waals surface area (Å²) >= 11 is 0. The van der Waals surface area contributed by atoms with Crippen molar-refractivity contribution in [2.75, 3.05) is 5.32 Å². The number of amides is 1.